The molecule has 9 heteroatoms. The molecule has 182 valence electrons. The lowest BCUT2D eigenvalue weighted by molar-refractivity contribution is 0.261. The van der Waals surface area contributed by atoms with Crippen molar-refractivity contribution in [2.45, 2.75) is 31.6 Å². The Morgan fingerprint density at radius 3 is 2.53 bits per heavy atom. The van der Waals surface area contributed by atoms with Gasteiger partial charge in [-0.1, -0.05) is 36.4 Å². The molecule has 0 spiro atoms. The van der Waals surface area contributed by atoms with Crippen LogP contribution in [0.3, 0.4) is 0 Å². The standard InChI is InChI=1S/C27H25FN6O2/c28-22-9-3-4-10-23(22)29-27(35)30-24-15-17(19-6-1-2-7-20(19)26-31-33-34-32-26)14-21-18(16-11-12-16)8-5-13-36-25(21)24/h1-4,6-7,9-10,14-16,18H,5,8,11-13H2,(H2,29,30,35)(H,31,32,33,34). The van der Waals surface area contributed by atoms with Gasteiger partial charge in [0.05, 0.1) is 18.0 Å². The predicted molar refractivity (Wildman–Crippen MR) is 134 cm³/mol. The number of carbonyl (C=O) groups is 1. The molecule has 0 saturated heterocycles. The molecule has 1 aromatic heterocycles. The Bertz CT molecular complexity index is 1400. The van der Waals surface area contributed by atoms with Crippen molar-refractivity contribution in [1.82, 2.24) is 20.6 Å². The van der Waals surface area contributed by atoms with E-state index in [4.69, 9.17) is 4.74 Å². The van der Waals surface area contributed by atoms with Gasteiger partial charge < -0.3 is 15.4 Å². The number of tetrazole rings is 1. The fraction of sp³-hybridized carbons (Fsp3) is 0.259. The van der Waals surface area contributed by atoms with E-state index >= 15 is 0 Å². The number of amides is 2. The number of hydrogen-bond donors (Lipinski definition) is 3. The molecule has 2 aliphatic rings. The van der Waals surface area contributed by atoms with Crippen LogP contribution in [0.2, 0.25) is 0 Å². The van der Waals surface area contributed by atoms with Crippen molar-refractivity contribution in [3.05, 3.63) is 72.0 Å². The number of para-hydroxylation sites is 1. The van der Waals surface area contributed by atoms with Crippen LogP contribution in [0.5, 0.6) is 5.75 Å². The SMILES string of the molecule is O=C(Nc1ccccc1F)Nc1cc(-c2ccccc2-c2nnn[nH]2)cc2c1OCCCC2C1CC1. The average molecular weight is 485 g/mol. The van der Waals surface area contributed by atoms with Crippen LogP contribution in [0.25, 0.3) is 22.5 Å². The van der Waals surface area contributed by atoms with E-state index in [-0.39, 0.29) is 5.69 Å². The molecule has 1 atom stereocenters. The minimum absolute atomic E-state index is 0.109. The van der Waals surface area contributed by atoms with Crippen molar-refractivity contribution in [1.29, 1.82) is 0 Å². The molecule has 8 nitrogen and oxygen atoms in total. The van der Waals surface area contributed by atoms with Gasteiger partial charge in [-0.05, 0) is 83.3 Å². The second kappa shape index (κ2) is 9.41. The highest BCUT2D eigenvalue weighted by Gasteiger charge is 2.36. The maximum absolute atomic E-state index is 14.1. The molecule has 3 N–H and O–H groups in total. The first-order chi connectivity index (χ1) is 17.7. The molecule has 1 fully saturated rings. The van der Waals surface area contributed by atoms with E-state index in [2.05, 4.69) is 37.3 Å². The zero-order chi connectivity index (χ0) is 24.5. The number of aromatic amines is 1. The molecule has 2 amide bonds. The predicted octanol–water partition coefficient (Wildman–Crippen LogP) is 5.98. The van der Waals surface area contributed by atoms with Crippen molar-refractivity contribution >= 4 is 17.4 Å². The Kier molecular flexibility index (Phi) is 5.80. The zero-order valence-electron chi connectivity index (χ0n) is 19.5. The summed E-state index contributed by atoms with van der Waals surface area (Å²) in [6, 6.07) is 17.5. The highest BCUT2D eigenvalue weighted by Crippen LogP contribution is 2.51. The summed E-state index contributed by atoms with van der Waals surface area (Å²) in [6.07, 6.45) is 4.39. The van der Waals surface area contributed by atoms with Gasteiger partial charge in [-0.3, -0.25) is 0 Å². The van der Waals surface area contributed by atoms with E-state index in [0.717, 1.165) is 35.1 Å². The first-order valence-corrected chi connectivity index (χ1v) is 12.1. The molecule has 4 aromatic rings. The van der Waals surface area contributed by atoms with E-state index in [9.17, 15) is 9.18 Å². The van der Waals surface area contributed by atoms with Crippen molar-refractivity contribution in [2.24, 2.45) is 5.92 Å². The van der Waals surface area contributed by atoms with Crippen LogP contribution in [-0.4, -0.2) is 33.3 Å². The Balaban J connectivity index is 1.44. The molecular weight excluding hydrogens is 459 g/mol. The van der Waals surface area contributed by atoms with Crippen molar-refractivity contribution < 1.29 is 13.9 Å². The first-order valence-electron chi connectivity index (χ1n) is 12.1. The number of rotatable bonds is 5. The quantitative estimate of drug-likeness (QED) is 0.323. The van der Waals surface area contributed by atoms with E-state index in [1.807, 2.05) is 30.3 Å². The number of H-pyrrole nitrogens is 1. The summed E-state index contributed by atoms with van der Waals surface area (Å²) in [4.78, 5) is 13.0. The molecule has 1 aliphatic heterocycles. The van der Waals surface area contributed by atoms with Gasteiger partial charge in [0.15, 0.2) is 5.82 Å². The highest BCUT2D eigenvalue weighted by molar-refractivity contribution is 6.01. The molecule has 1 aliphatic carbocycles. The van der Waals surface area contributed by atoms with E-state index in [1.54, 1.807) is 12.1 Å². The normalized spacial score (nSPS) is 17.0. The zero-order valence-corrected chi connectivity index (χ0v) is 19.5. The second-order valence-corrected chi connectivity index (χ2v) is 9.23. The van der Waals surface area contributed by atoms with Gasteiger partial charge in [0.1, 0.15) is 11.6 Å². The van der Waals surface area contributed by atoms with Crippen molar-refractivity contribution in [3.63, 3.8) is 0 Å². The molecule has 3 aromatic carbocycles. The Morgan fingerprint density at radius 2 is 1.75 bits per heavy atom. The topological polar surface area (TPSA) is 105 Å². The van der Waals surface area contributed by atoms with Gasteiger partial charge in [0, 0.05) is 11.1 Å². The lowest BCUT2D eigenvalue weighted by Gasteiger charge is -2.21. The molecule has 0 radical (unpaired) electrons. The van der Waals surface area contributed by atoms with Gasteiger partial charge in [0.25, 0.3) is 0 Å². The van der Waals surface area contributed by atoms with Crippen LogP contribution in [-0.2, 0) is 0 Å². The van der Waals surface area contributed by atoms with Gasteiger partial charge in [-0.25, -0.2) is 14.3 Å². The molecule has 6 rings (SSSR count). The number of fused-ring (bicyclic) bond motifs is 1. The minimum Gasteiger partial charge on any atom is -0.491 e. The molecule has 1 saturated carbocycles. The van der Waals surface area contributed by atoms with E-state index < -0.39 is 11.8 Å². The number of ether oxygens (including phenoxy) is 1. The maximum atomic E-state index is 14.1. The summed E-state index contributed by atoms with van der Waals surface area (Å²) < 4.78 is 20.3. The van der Waals surface area contributed by atoms with Crippen LogP contribution < -0.4 is 15.4 Å². The number of aromatic nitrogens is 4. The average Bonchev–Trinajstić information content (AvgIpc) is 3.62. The maximum Gasteiger partial charge on any atom is 0.323 e. The van der Waals surface area contributed by atoms with Crippen LogP contribution in [0.15, 0.2) is 60.7 Å². The molecular formula is C27H25FN6O2. The number of halogens is 1. The van der Waals surface area contributed by atoms with Gasteiger partial charge >= 0.3 is 6.03 Å². The Morgan fingerprint density at radius 1 is 0.972 bits per heavy atom. The first kappa shape index (κ1) is 22.2. The summed E-state index contributed by atoms with van der Waals surface area (Å²) in [5, 5.41) is 19.9. The van der Waals surface area contributed by atoms with Crippen LogP contribution in [0.1, 0.15) is 37.2 Å². The summed E-state index contributed by atoms with van der Waals surface area (Å²) in [7, 11) is 0. The van der Waals surface area contributed by atoms with E-state index in [1.165, 1.54) is 25.0 Å². The third-order valence-corrected chi connectivity index (χ3v) is 6.82. The van der Waals surface area contributed by atoms with Gasteiger partial charge in [0.2, 0.25) is 0 Å². The number of anilines is 2. The molecule has 1 unspecified atom stereocenters. The molecule has 0 bridgehead atoms. The lowest BCUT2D eigenvalue weighted by atomic mass is 9.86. The van der Waals surface area contributed by atoms with Crippen LogP contribution in [0, 0.1) is 11.7 Å². The van der Waals surface area contributed by atoms with Crippen LogP contribution in [0.4, 0.5) is 20.6 Å². The van der Waals surface area contributed by atoms with Crippen molar-refractivity contribution in [3.8, 4) is 28.3 Å². The smallest absolute Gasteiger partial charge is 0.323 e. The third-order valence-electron chi connectivity index (χ3n) is 6.82. The second-order valence-electron chi connectivity index (χ2n) is 9.23. The number of nitrogens with one attached hydrogen (secondary N) is 3. The summed E-state index contributed by atoms with van der Waals surface area (Å²) in [5.41, 5.74) is 4.45. The largest absolute Gasteiger partial charge is 0.491 e. The summed E-state index contributed by atoms with van der Waals surface area (Å²) in [6.45, 7) is 0.583. The summed E-state index contributed by atoms with van der Waals surface area (Å²) in [5.74, 6) is 1.73. The lowest BCUT2D eigenvalue weighted by Crippen LogP contribution is -2.21. The number of hydrogen-bond acceptors (Lipinski definition) is 5. The number of carbonyl (C=O) groups excluding carboxylic acids is 1. The van der Waals surface area contributed by atoms with Crippen molar-refractivity contribution in [2.75, 3.05) is 17.2 Å². The molecule has 2 heterocycles. The molecule has 36 heavy (non-hydrogen) atoms. The van der Waals surface area contributed by atoms with Gasteiger partial charge in [-0.15, -0.1) is 5.10 Å². The summed E-state index contributed by atoms with van der Waals surface area (Å²) >= 11 is 0. The van der Waals surface area contributed by atoms with Crippen LogP contribution >= 0.6 is 0 Å². The fourth-order valence-electron chi connectivity index (χ4n) is 5.01. The Hall–Kier alpha value is -4.27. The van der Waals surface area contributed by atoms with Gasteiger partial charge in [-0.2, -0.15) is 0 Å². The fourth-order valence-corrected chi connectivity index (χ4v) is 5.01. The minimum atomic E-state index is -0.539. The third kappa shape index (κ3) is 4.39. The van der Waals surface area contributed by atoms with E-state index in [0.29, 0.717) is 35.7 Å². The number of benzene rings is 3. The number of nitrogens with zero attached hydrogens (tertiary/aromatic N) is 3. The highest BCUT2D eigenvalue weighted by atomic mass is 19.1. The number of urea groups is 1. The Labute approximate surface area is 207 Å². The monoisotopic (exact) mass is 484 g/mol.